The fourth-order valence-electron chi connectivity index (χ4n) is 2.75. The van der Waals surface area contributed by atoms with E-state index >= 15 is 0 Å². The van der Waals surface area contributed by atoms with Crippen molar-refractivity contribution in [3.05, 3.63) is 59.7 Å². The number of hydrazine groups is 1. The van der Waals surface area contributed by atoms with Gasteiger partial charge in [-0.25, -0.2) is 0 Å². The van der Waals surface area contributed by atoms with Crippen molar-refractivity contribution in [2.75, 3.05) is 13.2 Å². The molecule has 2 aromatic carbocycles. The van der Waals surface area contributed by atoms with Crippen molar-refractivity contribution >= 4 is 11.8 Å². The number of hydrogen-bond acceptors (Lipinski definition) is 4. The lowest BCUT2D eigenvalue weighted by Gasteiger charge is -2.19. The highest BCUT2D eigenvalue weighted by Gasteiger charge is 2.14. The zero-order valence-corrected chi connectivity index (χ0v) is 19.4. The van der Waals surface area contributed by atoms with Crippen LogP contribution in [-0.4, -0.2) is 25.0 Å². The first-order valence-corrected chi connectivity index (χ1v) is 10.5. The SMILES string of the molecule is CC(C)(C)c1ccc(OCCC(=O)NNC(=O)COc2ccc(C(C)(C)C)cc2)cc1. The molecule has 0 spiro atoms. The third-order valence-electron chi connectivity index (χ3n) is 4.75. The zero-order valence-electron chi connectivity index (χ0n) is 19.4. The molecule has 6 heteroatoms. The van der Waals surface area contributed by atoms with E-state index in [-0.39, 0.29) is 36.4 Å². The second-order valence-electron chi connectivity index (χ2n) is 9.53. The van der Waals surface area contributed by atoms with Crippen LogP contribution in [0, 0.1) is 0 Å². The minimum atomic E-state index is -0.438. The summed E-state index contributed by atoms with van der Waals surface area (Å²) in [4.78, 5) is 23.8. The van der Waals surface area contributed by atoms with Gasteiger partial charge in [0, 0.05) is 0 Å². The Kier molecular flexibility index (Phi) is 8.08. The Morgan fingerprint density at radius 1 is 0.677 bits per heavy atom. The molecule has 0 aliphatic carbocycles. The van der Waals surface area contributed by atoms with Gasteiger partial charge in [0.1, 0.15) is 11.5 Å². The van der Waals surface area contributed by atoms with Crippen LogP contribution in [0.15, 0.2) is 48.5 Å². The van der Waals surface area contributed by atoms with Crippen molar-refractivity contribution in [3.8, 4) is 11.5 Å². The summed E-state index contributed by atoms with van der Waals surface area (Å²) in [5.74, 6) is 0.525. The maximum atomic E-state index is 11.9. The molecule has 0 radical (unpaired) electrons. The highest BCUT2D eigenvalue weighted by atomic mass is 16.5. The predicted molar refractivity (Wildman–Crippen MR) is 122 cm³/mol. The molecule has 0 unspecified atom stereocenters. The molecular weight excluding hydrogens is 392 g/mol. The maximum absolute atomic E-state index is 11.9. The molecule has 168 valence electrons. The van der Waals surface area contributed by atoms with Crippen LogP contribution in [0.3, 0.4) is 0 Å². The lowest BCUT2D eigenvalue weighted by Crippen LogP contribution is -2.44. The monoisotopic (exact) mass is 426 g/mol. The molecule has 0 bridgehead atoms. The Hall–Kier alpha value is -3.02. The van der Waals surface area contributed by atoms with Crippen molar-refractivity contribution in [2.24, 2.45) is 0 Å². The number of rotatable bonds is 7. The van der Waals surface area contributed by atoms with Crippen molar-refractivity contribution in [1.29, 1.82) is 0 Å². The van der Waals surface area contributed by atoms with Crippen LogP contribution in [0.5, 0.6) is 11.5 Å². The van der Waals surface area contributed by atoms with Gasteiger partial charge in [-0.2, -0.15) is 0 Å². The van der Waals surface area contributed by atoms with Crippen molar-refractivity contribution in [3.63, 3.8) is 0 Å². The first-order valence-electron chi connectivity index (χ1n) is 10.5. The maximum Gasteiger partial charge on any atom is 0.276 e. The molecule has 0 saturated heterocycles. The summed E-state index contributed by atoms with van der Waals surface area (Å²) in [6.07, 6.45) is 0.121. The van der Waals surface area contributed by atoms with E-state index in [1.165, 1.54) is 11.1 Å². The Morgan fingerprint density at radius 3 is 1.55 bits per heavy atom. The second-order valence-corrected chi connectivity index (χ2v) is 9.53. The predicted octanol–water partition coefficient (Wildman–Crippen LogP) is 4.28. The lowest BCUT2D eigenvalue weighted by molar-refractivity contribution is -0.130. The van der Waals surface area contributed by atoms with Crippen LogP contribution in [0.2, 0.25) is 0 Å². The van der Waals surface area contributed by atoms with Crippen molar-refractivity contribution in [1.82, 2.24) is 10.9 Å². The van der Waals surface area contributed by atoms with Gasteiger partial charge in [-0.1, -0.05) is 65.8 Å². The number of carbonyl (C=O) groups excluding carboxylic acids is 2. The van der Waals surface area contributed by atoms with Gasteiger partial charge in [-0.05, 0) is 46.2 Å². The molecule has 0 fully saturated rings. The van der Waals surface area contributed by atoms with E-state index in [1.54, 1.807) is 0 Å². The topological polar surface area (TPSA) is 76.7 Å². The van der Waals surface area contributed by atoms with Gasteiger partial charge in [0.2, 0.25) is 5.91 Å². The minimum absolute atomic E-state index is 0.0553. The molecule has 2 rings (SSSR count). The number of hydrogen-bond donors (Lipinski definition) is 2. The highest BCUT2D eigenvalue weighted by Crippen LogP contribution is 2.25. The Bertz CT molecular complexity index is 860. The van der Waals surface area contributed by atoms with Gasteiger partial charge >= 0.3 is 0 Å². The molecule has 31 heavy (non-hydrogen) atoms. The minimum Gasteiger partial charge on any atom is -0.493 e. The largest absolute Gasteiger partial charge is 0.493 e. The first kappa shape index (κ1) is 24.3. The molecule has 0 aliphatic rings. The molecule has 0 aliphatic heterocycles. The molecule has 6 nitrogen and oxygen atoms in total. The number of carbonyl (C=O) groups is 2. The molecule has 0 atom stereocenters. The van der Waals surface area contributed by atoms with Gasteiger partial charge in [-0.15, -0.1) is 0 Å². The first-order chi connectivity index (χ1) is 14.4. The third kappa shape index (κ3) is 8.32. The molecule has 0 saturated carbocycles. The molecular formula is C25H34N2O4. The average Bonchev–Trinajstić information content (AvgIpc) is 2.70. The van der Waals surface area contributed by atoms with Crippen LogP contribution in [0.4, 0.5) is 0 Å². The summed E-state index contributed by atoms with van der Waals surface area (Å²) in [6, 6.07) is 15.4. The van der Waals surface area contributed by atoms with Crippen LogP contribution >= 0.6 is 0 Å². The van der Waals surface area contributed by atoms with E-state index in [9.17, 15) is 9.59 Å². The highest BCUT2D eigenvalue weighted by molar-refractivity contribution is 5.82. The van der Waals surface area contributed by atoms with E-state index in [4.69, 9.17) is 9.47 Å². The van der Waals surface area contributed by atoms with Crippen LogP contribution in [-0.2, 0) is 20.4 Å². The fraction of sp³-hybridized carbons (Fsp3) is 0.440. The Balaban J connectivity index is 1.65. The summed E-state index contributed by atoms with van der Waals surface area (Å²) in [5.41, 5.74) is 7.24. The standard InChI is InChI=1S/C25H34N2O4/c1-24(2,3)18-7-11-20(12-8-18)30-16-15-22(28)26-27-23(29)17-31-21-13-9-19(10-14-21)25(4,5)6/h7-14H,15-17H2,1-6H3,(H,26,28)(H,27,29). The van der Waals surface area contributed by atoms with E-state index in [0.717, 1.165) is 0 Å². The number of amides is 2. The lowest BCUT2D eigenvalue weighted by atomic mass is 9.87. The summed E-state index contributed by atoms with van der Waals surface area (Å²) < 4.78 is 11.0. The van der Waals surface area contributed by atoms with E-state index in [2.05, 4.69) is 52.4 Å². The van der Waals surface area contributed by atoms with Gasteiger partial charge in [0.15, 0.2) is 6.61 Å². The summed E-state index contributed by atoms with van der Waals surface area (Å²) in [5, 5.41) is 0. The molecule has 2 aromatic rings. The summed E-state index contributed by atoms with van der Waals surface area (Å²) in [6.45, 7) is 12.9. The zero-order chi connectivity index (χ0) is 23.1. The van der Waals surface area contributed by atoms with E-state index in [1.807, 2.05) is 48.5 Å². The van der Waals surface area contributed by atoms with Crippen LogP contribution in [0.1, 0.15) is 59.1 Å². The molecule has 2 N–H and O–H groups in total. The summed E-state index contributed by atoms with van der Waals surface area (Å²) in [7, 11) is 0. The van der Waals surface area contributed by atoms with Crippen molar-refractivity contribution in [2.45, 2.75) is 58.8 Å². The number of benzene rings is 2. The average molecular weight is 427 g/mol. The quantitative estimate of drug-likeness (QED) is 0.648. The van der Waals surface area contributed by atoms with Crippen molar-refractivity contribution < 1.29 is 19.1 Å². The van der Waals surface area contributed by atoms with Crippen LogP contribution < -0.4 is 20.3 Å². The fourth-order valence-corrected chi connectivity index (χ4v) is 2.75. The van der Waals surface area contributed by atoms with Gasteiger partial charge in [0.25, 0.3) is 5.91 Å². The van der Waals surface area contributed by atoms with Crippen LogP contribution in [0.25, 0.3) is 0 Å². The second kappa shape index (κ2) is 10.3. The molecule has 0 aromatic heterocycles. The molecule has 2 amide bonds. The van der Waals surface area contributed by atoms with Gasteiger partial charge < -0.3 is 9.47 Å². The number of ether oxygens (including phenoxy) is 2. The number of nitrogens with one attached hydrogen (secondary N) is 2. The van der Waals surface area contributed by atoms with Gasteiger partial charge in [0.05, 0.1) is 13.0 Å². The summed E-state index contributed by atoms with van der Waals surface area (Å²) >= 11 is 0. The third-order valence-corrected chi connectivity index (χ3v) is 4.75. The molecule has 0 heterocycles. The normalized spacial score (nSPS) is 11.5. The smallest absolute Gasteiger partial charge is 0.276 e. The Morgan fingerprint density at radius 2 is 1.10 bits per heavy atom. The van der Waals surface area contributed by atoms with E-state index < -0.39 is 5.91 Å². The van der Waals surface area contributed by atoms with E-state index in [0.29, 0.717) is 11.5 Å². The Labute approximate surface area is 185 Å². The van der Waals surface area contributed by atoms with Gasteiger partial charge in [-0.3, -0.25) is 20.4 Å².